The van der Waals surface area contributed by atoms with Crippen LogP contribution < -0.4 is 5.32 Å². The molecule has 0 aliphatic carbocycles. The molecule has 8 nitrogen and oxygen atoms in total. The first-order valence-electron chi connectivity index (χ1n) is 9.25. The van der Waals surface area contributed by atoms with E-state index < -0.39 is 6.09 Å². The van der Waals surface area contributed by atoms with Gasteiger partial charge in [0.05, 0.1) is 18.3 Å². The van der Waals surface area contributed by atoms with Crippen molar-refractivity contribution in [3.05, 3.63) is 72.3 Å². The Hall–Kier alpha value is -3.68. The minimum atomic E-state index is -0.550. The number of carbonyl (C=O) groups is 2. The normalized spacial score (nSPS) is 11.6. The molecule has 0 saturated heterocycles. The minimum absolute atomic E-state index is 0.144. The fourth-order valence-electron chi connectivity index (χ4n) is 2.87. The zero-order valence-corrected chi connectivity index (χ0v) is 16.6. The molecule has 1 aromatic heterocycles. The Bertz CT molecular complexity index is 970. The van der Waals surface area contributed by atoms with E-state index in [1.165, 1.54) is 6.33 Å². The minimum Gasteiger partial charge on any atom is -0.450 e. The second kappa shape index (κ2) is 9.01. The van der Waals surface area contributed by atoms with Crippen LogP contribution in [0.2, 0.25) is 0 Å². The number of rotatable bonds is 6. The molecule has 0 saturated carbocycles. The van der Waals surface area contributed by atoms with Crippen LogP contribution in [0.5, 0.6) is 0 Å². The maximum atomic E-state index is 12.9. The number of hydrogen-bond donors (Lipinski definition) is 1. The summed E-state index contributed by atoms with van der Waals surface area (Å²) in [6, 6.07) is 14.4. The van der Waals surface area contributed by atoms with Gasteiger partial charge in [-0.3, -0.25) is 10.1 Å². The monoisotopic (exact) mass is 393 g/mol. The molecule has 3 rings (SSSR count). The van der Waals surface area contributed by atoms with Crippen LogP contribution in [0.3, 0.4) is 0 Å². The Balaban J connectivity index is 1.71. The van der Waals surface area contributed by atoms with Gasteiger partial charge in [0.25, 0.3) is 5.91 Å². The Kier molecular flexibility index (Phi) is 6.23. The third kappa shape index (κ3) is 4.78. The van der Waals surface area contributed by atoms with Crippen molar-refractivity contribution in [2.24, 2.45) is 0 Å². The van der Waals surface area contributed by atoms with Crippen molar-refractivity contribution in [1.29, 1.82) is 0 Å². The molecule has 29 heavy (non-hydrogen) atoms. The van der Waals surface area contributed by atoms with Gasteiger partial charge in [-0.1, -0.05) is 18.2 Å². The summed E-state index contributed by atoms with van der Waals surface area (Å²) in [5.41, 5.74) is 2.87. The molecule has 1 heterocycles. The third-order valence-corrected chi connectivity index (χ3v) is 4.59. The zero-order valence-electron chi connectivity index (χ0n) is 16.6. The van der Waals surface area contributed by atoms with Gasteiger partial charge in [-0.2, -0.15) is 5.10 Å². The van der Waals surface area contributed by atoms with Gasteiger partial charge in [0.2, 0.25) is 0 Å². The van der Waals surface area contributed by atoms with Crippen LogP contribution in [0.15, 0.2) is 61.2 Å². The van der Waals surface area contributed by atoms with E-state index in [2.05, 4.69) is 15.4 Å². The molecule has 0 radical (unpaired) electrons. The van der Waals surface area contributed by atoms with Crippen molar-refractivity contribution in [3.8, 4) is 5.69 Å². The topological polar surface area (TPSA) is 89.4 Å². The summed E-state index contributed by atoms with van der Waals surface area (Å²) in [4.78, 5) is 30.1. The number of hydrogen-bond acceptors (Lipinski definition) is 5. The summed E-state index contributed by atoms with van der Waals surface area (Å²) in [7, 11) is 1.75. The Morgan fingerprint density at radius 1 is 1.21 bits per heavy atom. The molecule has 150 valence electrons. The molecule has 1 N–H and O–H groups in total. The summed E-state index contributed by atoms with van der Waals surface area (Å²) in [6.45, 7) is 3.97. The maximum absolute atomic E-state index is 12.9. The predicted octanol–water partition coefficient (Wildman–Crippen LogP) is 3.67. The van der Waals surface area contributed by atoms with Crippen LogP contribution in [-0.4, -0.2) is 45.3 Å². The lowest BCUT2D eigenvalue weighted by Gasteiger charge is -2.26. The average molecular weight is 393 g/mol. The van der Waals surface area contributed by atoms with Gasteiger partial charge in [-0.05, 0) is 49.7 Å². The molecule has 3 aromatic rings. The summed E-state index contributed by atoms with van der Waals surface area (Å²) in [5.74, 6) is -0.148. The Morgan fingerprint density at radius 3 is 2.62 bits per heavy atom. The van der Waals surface area contributed by atoms with Crippen LogP contribution >= 0.6 is 0 Å². The number of ether oxygens (including phenoxy) is 1. The van der Waals surface area contributed by atoms with Crippen molar-refractivity contribution >= 4 is 17.7 Å². The van der Waals surface area contributed by atoms with Crippen LogP contribution in [0.1, 0.15) is 35.8 Å². The van der Waals surface area contributed by atoms with E-state index in [-0.39, 0.29) is 18.6 Å². The first-order valence-corrected chi connectivity index (χ1v) is 9.25. The lowest BCUT2D eigenvalue weighted by Crippen LogP contribution is -2.29. The fourth-order valence-corrected chi connectivity index (χ4v) is 2.87. The molecule has 0 unspecified atom stereocenters. The van der Waals surface area contributed by atoms with Crippen LogP contribution in [0.4, 0.5) is 10.5 Å². The third-order valence-electron chi connectivity index (χ3n) is 4.59. The van der Waals surface area contributed by atoms with Crippen LogP contribution in [-0.2, 0) is 4.74 Å². The van der Waals surface area contributed by atoms with Crippen LogP contribution in [0.25, 0.3) is 5.69 Å². The van der Waals surface area contributed by atoms with Gasteiger partial charge in [0.1, 0.15) is 12.7 Å². The van der Waals surface area contributed by atoms with E-state index in [0.29, 0.717) is 11.3 Å². The lowest BCUT2D eigenvalue weighted by atomic mass is 10.1. The number of carbonyl (C=O) groups excluding carboxylic acids is 2. The summed E-state index contributed by atoms with van der Waals surface area (Å²) in [5, 5.41) is 6.72. The van der Waals surface area contributed by atoms with Crippen molar-refractivity contribution in [3.63, 3.8) is 0 Å². The highest BCUT2D eigenvalue weighted by molar-refractivity contribution is 5.96. The first-order chi connectivity index (χ1) is 14.0. The molecule has 0 spiro atoms. The lowest BCUT2D eigenvalue weighted by molar-refractivity contribution is 0.0742. The number of anilines is 1. The summed E-state index contributed by atoms with van der Waals surface area (Å²) >= 11 is 0. The molecule has 0 aliphatic rings. The largest absolute Gasteiger partial charge is 0.450 e. The molecule has 2 amide bonds. The highest BCUT2D eigenvalue weighted by Crippen LogP contribution is 2.23. The second-order valence-corrected chi connectivity index (χ2v) is 6.45. The van der Waals surface area contributed by atoms with Crippen molar-refractivity contribution in [2.75, 3.05) is 19.0 Å². The number of benzene rings is 2. The number of nitrogens with zero attached hydrogens (tertiary/aromatic N) is 4. The van der Waals surface area contributed by atoms with E-state index in [1.54, 1.807) is 54.1 Å². The smallest absolute Gasteiger partial charge is 0.411 e. The highest BCUT2D eigenvalue weighted by atomic mass is 16.5. The molecule has 8 heteroatoms. The molecule has 1 atom stereocenters. The molecule has 0 fully saturated rings. The maximum Gasteiger partial charge on any atom is 0.411 e. The quantitative estimate of drug-likeness (QED) is 0.690. The van der Waals surface area contributed by atoms with Gasteiger partial charge in [-0.25, -0.2) is 14.5 Å². The highest BCUT2D eigenvalue weighted by Gasteiger charge is 2.19. The summed E-state index contributed by atoms with van der Waals surface area (Å²) < 4.78 is 6.54. The van der Waals surface area contributed by atoms with Crippen molar-refractivity contribution < 1.29 is 14.3 Å². The number of aromatic nitrogens is 3. The molecule has 2 aromatic carbocycles. The molecular formula is C21H23N5O3. The van der Waals surface area contributed by atoms with Gasteiger partial charge in [-0.15, -0.1) is 0 Å². The predicted molar refractivity (Wildman–Crippen MR) is 109 cm³/mol. The van der Waals surface area contributed by atoms with Gasteiger partial charge < -0.3 is 9.64 Å². The SMILES string of the molecule is CCOC(=O)Nc1cccc(C(=O)N(C)[C@@H](C)c2ccc(-n3cncn3)cc2)c1. The molecule has 0 aliphatic heterocycles. The van der Waals surface area contributed by atoms with Crippen LogP contribution in [0, 0.1) is 0 Å². The van der Waals surface area contributed by atoms with Gasteiger partial charge >= 0.3 is 6.09 Å². The van der Waals surface area contributed by atoms with E-state index in [9.17, 15) is 9.59 Å². The number of nitrogens with one attached hydrogen (secondary N) is 1. The van der Waals surface area contributed by atoms with Crippen molar-refractivity contribution in [2.45, 2.75) is 19.9 Å². The zero-order chi connectivity index (χ0) is 20.8. The molecular weight excluding hydrogens is 370 g/mol. The summed E-state index contributed by atoms with van der Waals surface area (Å²) in [6.07, 6.45) is 2.56. The fraction of sp³-hybridized carbons (Fsp3) is 0.238. The van der Waals surface area contributed by atoms with E-state index in [0.717, 1.165) is 11.3 Å². The molecule has 0 bridgehead atoms. The Labute approximate surface area is 169 Å². The standard InChI is InChI=1S/C21H23N5O3/c1-4-29-21(28)24-18-7-5-6-17(12-18)20(27)25(3)15(2)16-8-10-19(11-9-16)26-14-22-13-23-26/h5-15H,4H2,1-3H3,(H,24,28)/t15-/m0/s1. The Morgan fingerprint density at radius 2 is 1.97 bits per heavy atom. The van der Waals surface area contributed by atoms with Crippen molar-refractivity contribution in [1.82, 2.24) is 19.7 Å². The van der Waals surface area contributed by atoms with E-state index in [4.69, 9.17) is 4.74 Å². The van der Waals surface area contributed by atoms with E-state index >= 15 is 0 Å². The first kappa shape index (κ1) is 20.1. The average Bonchev–Trinajstić information content (AvgIpc) is 3.27. The number of amides is 2. The van der Waals surface area contributed by atoms with Gasteiger partial charge in [0, 0.05) is 18.3 Å². The second-order valence-electron chi connectivity index (χ2n) is 6.45. The van der Waals surface area contributed by atoms with Gasteiger partial charge in [0.15, 0.2) is 0 Å². The van der Waals surface area contributed by atoms with E-state index in [1.807, 2.05) is 31.2 Å².